The van der Waals surface area contributed by atoms with Crippen LogP contribution in [0.5, 0.6) is 0 Å². The van der Waals surface area contributed by atoms with Crippen LogP contribution in [0.25, 0.3) is 0 Å². The Labute approximate surface area is 208 Å². The Kier molecular flexibility index (Phi) is 16.1. The van der Waals surface area contributed by atoms with Crippen LogP contribution in [0.3, 0.4) is 0 Å². The highest BCUT2D eigenvalue weighted by molar-refractivity contribution is 5.91. The average molecular weight is 471 g/mol. The molecule has 0 aromatic heterocycles. The molecule has 0 radical (unpaired) electrons. The number of hydrogen-bond donors (Lipinski definition) is 0. The molecule has 2 rings (SSSR count). The lowest BCUT2D eigenvalue weighted by molar-refractivity contribution is -0.137. The fraction of sp³-hybridized carbons (Fsp3) is 0.800. The van der Waals surface area contributed by atoms with Crippen LogP contribution in [0, 0.1) is 35.5 Å². The van der Waals surface area contributed by atoms with Gasteiger partial charge in [-0.1, -0.05) is 116 Å². The number of carbonyl (C=O) groups excluding carboxylic acids is 2. The molecule has 4 heteroatoms. The summed E-state index contributed by atoms with van der Waals surface area (Å²) in [5.74, 6) is 10.3. The van der Waals surface area contributed by atoms with Crippen LogP contribution < -0.4 is 0 Å². The quantitative estimate of drug-likeness (QED) is 0.0821. The van der Waals surface area contributed by atoms with Crippen molar-refractivity contribution in [1.29, 1.82) is 0 Å². The topological polar surface area (TPSA) is 52.6 Å². The molecule has 0 unspecified atom stereocenters. The number of esters is 2. The van der Waals surface area contributed by atoms with E-state index < -0.39 is 11.9 Å². The highest BCUT2D eigenvalue weighted by Crippen LogP contribution is 2.34. The number of unbranched alkanes of at least 4 members (excludes halogenated alkanes) is 12. The summed E-state index contributed by atoms with van der Waals surface area (Å²) in [6.07, 6.45) is 25.7. The fourth-order valence-corrected chi connectivity index (χ4v) is 4.22. The second-order valence-electron chi connectivity index (χ2n) is 10.2. The van der Waals surface area contributed by atoms with Crippen LogP contribution in [-0.2, 0) is 19.1 Å². The molecule has 0 heterocycles. The highest BCUT2D eigenvalue weighted by atomic mass is 16.5. The third-order valence-corrected chi connectivity index (χ3v) is 6.77. The molecule has 2 saturated carbocycles. The molecule has 34 heavy (non-hydrogen) atoms. The fourth-order valence-electron chi connectivity index (χ4n) is 4.22. The van der Waals surface area contributed by atoms with E-state index in [0.29, 0.717) is 13.2 Å². The van der Waals surface area contributed by atoms with Gasteiger partial charge in [-0.05, 0) is 36.5 Å². The van der Waals surface area contributed by atoms with Crippen LogP contribution >= 0.6 is 0 Å². The first-order valence-electron chi connectivity index (χ1n) is 14.1. The summed E-state index contributed by atoms with van der Waals surface area (Å²) >= 11 is 0. The first-order chi connectivity index (χ1) is 16.7. The molecule has 0 saturated heterocycles. The summed E-state index contributed by atoms with van der Waals surface area (Å²) in [5, 5.41) is 0. The second-order valence-corrected chi connectivity index (χ2v) is 10.2. The Morgan fingerprint density at radius 2 is 0.824 bits per heavy atom. The first-order valence-corrected chi connectivity index (χ1v) is 14.1. The van der Waals surface area contributed by atoms with Crippen molar-refractivity contribution in [3.05, 3.63) is 0 Å². The summed E-state index contributed by atoms with van der Waals surface area (Å²) < 4.78 is 10.2. The average Bonchev–Trinajstić information content (AvgIpc) is 3.75. The Morgan fingerprint density at radius 3 is 1.18 bits per heavy atom. The zero-order valence-electron chi connectivity index (χ0n) is 21.3. The number of carbonyl (C=O) groups is 2. The third-order valence-electron chi connectivity index (χ3n) is 6.77. The number of rotatable bonds is 20. The van der Waals surface area contributed by atoms with Gasteiger partial charge >= 0.3 is 11.9 Å². The normalized spacial score (nSPS) is 14.5. The van der Waals surface area contributed by atoms with Crippen molar-refractivity contribution < 1.29 is 19.1 Å². The van der Waals surface area contributed by atoms with E-state index in [-0.39, 0.29) is 0 Å². The van der Waals surface area contributed by atoms with Crippen molar-refractivity contribution >= 4 is 11.9 Å². The maximum atomic E-state index is 11.6. The summed E-state index contributed by atoms with van der Waals surface area (Å²) in [6.45, 7) is 0.788. The van der Waals surface area contributed by atoms with Gasteiger partial charge in [0.15, 0.2) is 0 Å². The van der Waals surface area contributed by atoms with Gasteiger partial charge in [-0.15, -0.1) is 0 Å². The lowest BCUT2D eigenvalue weighted by Crippen LogP contribution is -2.03. The molecular weight excluding hydrogens is 424 g/mol. The smallest absolute Gasteiger partial charge is 0.385 e. The molecule has 2 fully saturated rings. The van der Waals surface area contributed by atoms with Gasteiger partial charge in [0.2, 0.25) is 0 Å². The van der Waals surface area contributed by atoms with Crippen molar-refractivity contribution in [1.82, 2.24) is 0 Å². The van der Waals surface area contributed by atoms with E-state index in [9.17, 15) is 9.59 Å². The van der Waals surface area contributed by atoms with E-state index in [1.807, 2.05) is 0 Å². The van der Waals surface area contributed by atoms with Crippen molar-refractivity contribution in [3.63, 3.8) is 0 Å². The monoisotopic (exact) mass is 470 g/mol. The Bertz CT molecular complexity index is 622. The van der Waals surface area contributed by atoms with Crippen molar-refractivity contribution in [2.75, 3.05) is 13.2 Å². The summed E-state index contributed by atoms with van der Waals surface area (Å²) in [6, 6.07) is 0. The van der Waals surface area contributed by atoms with Gasteiger partial charge in [0.25, 0.3) is 0 Å². The summed E-state index contributed by atoms with van der Waals surface area (Å²) in [4.78, 5) is 23.1. The minimum absolute atomic E-state index is 0.394. The summed E-state index contributed by atoms with van der Waals surface area (Å²) in [5.41, 5.74) is 0. The van der Waals surface area contributed by atoms with Crippen molar-refractivity contribution in [2.45, 2.75) is 128 Å². The molecule has 0 aromatic carbocycles. The molecule has 0 aliphatic heterocycles. The van der Waals surface area contributed by atoms with Crippen LogP contribution in [0.15, 0.2) is 0 Å². The van der Waals surface area contributed by atoms with Crippen molar-refractivity contribution in [3.8, 4) is 23.7 Å². The van der Waals surface area contributed by atoms with Crippen molar-refractivity contribution in [2.24, 2.45) is 11.8 Å². The zero-order valence-corrected chi connectivity index (χ0v) is 21.3. The van der Waals surface area contributed by atoms with E-state index in [4.69, 9.17) is 9.47 Å². The van der Waals surface area contributed by atoms with Crippen LogP contribution in [0.1, 0.15) is 128 Å². The first kappa shape index (κ1) is 28.3. The molecule has 0 aromatic rings. The largest absolute Gasteiger partial charge is 0.456 e. The van der Waals surface area contributed by atoms with Gasteiger partial charge in [0.1, 0.15) is 0 Å². The predicted molar refractivity (Wildman–Crippen MR) is 137 cm³/mol. The van der Waals surface area contributed by atoms with Gasteiger partial charge in [-0.2, -0.15) is 0 Å². The number of ether oxygens (including phenoxy) is 2. The maximum Gasteiger partial charge on any atom is 0.385 e. The second kappa shape index (κ2) is 19.4. The third kappa shape index (κ3) is 18.5. The van der Waals surface area contributed by atoms with E-state index in [1.165, 1.54) is 103 Å². The predicted octanol–water partition coefficient (Wildman–Crippen LogP) is 7.14. The maximum absolute atomic E-state index is 11.6. The van der Waals surface area contributed by atoms with Gasteiger partial charge in [-0.25, -0.2) is 9.59 Å². The molecule has 0 bridgehead atoms. The van der Waals surface area contributed by atoms with Gasteiger partial charge in [0.05, 0.1) is 13.2 Å². The molecule has 0 spiro atoms. The van der Waals surface area contributed by atoms with Gasteiger partial charge < -0.3 is 9.47 Å². The molecule has 2 aliphatic carbocycles. The summed E-state index contributed by atoms with van der Waals surface area (Å²) in [7, 11) is 0. The lowest BCUT2D eigenvalue weighted by atomic mass is 10.1. The van der Waals surface area contributed by atoms with Crippen LogP contribution in [0.2, 0.25) is 0 Å². The molecule has 2 aliphatic rings. The van der Waals surface area contributed by atoms with Crippen LogP contribution in [0.4, 0.5) is 0 Å². The molecule has 4 nitrogen and oxygen atoms in total. The molecule has 0 amide bonds. The molecular formula is C30H46O4. The molecule has 0 N–H and O–H groups in total. The lowest BCUT2D eigenvalue weighted by Gasteiger charge is -2.02. The Hall–Kier alpha value is -1.94. The molecule has 190 valence electrons. The SMILES string of the molecule is O=C(C#CC#CC(=O)OCCCCCCCCCC1CC1)OCCCCCCCCCC1CC1. The standard InChI is InChI=1S/C30H46O4/c31-29(33-25-15-9-5-1-3-7-11-17-27-21-22-27)19-13-14-20-30(32)34-26-16-10-6-2-4-8-12-18-28-23-24-28/h27-28H,1-12,15-18,21-26H2. The van der Waals surface area contributed by atoms with E-state index >= 15 is 0 Å². The van der Waals surface area contributed by atoms with E-state index in [1.54, 1.807) is 0 Å². The van der Waals surface area contributed by atoms with Crippen LogP contribution in [-0.4, -0.2) is 25.2 Å². The van der Waals surface area contributed by atoms with Gasteiger partial charge in [-0.3, -0.25) is 0 Å². The minimum Gasteiger partial charge on any atom is -0.456 e. The highest BCUT2D eigenvalue weighted by Gasteiger charge is 2.20. The van der Waals surface area contributed by atoms with E-state index in [0.717, 1.165) is 37.5 Å². The van der Waals surface area contributed by atoms with E-state index in [2.05, 4.69) is 23.7 Å². The zero-order chi connectivity index (χ0) is 24.1. The Balaban J connectivity index is 1.31. The Morgan fingerprint density at radius 1 is 0.500 bits per heavy atom. The minimum atomic E-state index is -0.588. The molecule has 0 atom stereocenters. The van der Waals surface area contributed by atoms with Gasteiger partial charge in [0, 0.05) is 11.8 Å². The number of hydrogen-bond acceptors (Lipinski definition) is 4.